The Balaban J connectivity index is 2.10. The van der Waals surface area contributed by atoms with E-state index in [1.54, 1.807) is 7.11 Å². The van der Waals surface area contributed by atoms with Crippen molar-refractivity contribution in [2.24, 2.45) is 0 Å². The summed E-state index contributed by atoms with van der Waals surface area (Å²) in [5, 5.41) is 8.40. The smallest absolute Gasteiger partial charge is 0.321 e. The van der Waals surface area contributed by atoms with Gasteiger partial charge in [-0.25, -0.2) is 4.57 Å². The van der Waals surface area contributed by atoms with Gasteiger partial charge in [-0.15, -0.1) is 5.10 Å². The maximum Gasteiger partial charge on any atom is 0.321 e. The van der Waals surface area contributed by atoms with Crippen LogP contribution in [0, 0.1) is 6.92 Å². The number of methoxy groups -OCH3 is 1. The van der Waals surface area contributed by atoms with Crippen LogP contribution in [-0.4, -0.2) is 21.9 Å². The Hall–Kier alpha value is -2.62. The number of hydrogen-bond acceptors (Lipinski definition) is 3. The fourth-order valence-electron chi connectivity index (χ4n) is 2.60. The highest BCUT2D eigenvalue weighted by Crippen LogP contribution is 2.27. The summed E-state index contributed by atoms with van der Waals surface area (Å²) in [6.07, 6.45) is 0. The number of aryl methyl sites for hydroxylation is 1. The highest BCUT2D eigenvalue weighted by atomic mass is 16.5. The molecule has 4 heteroatoms. The largest absolute Gasteiger partial charge is 0.467 e. The lowest BCUT2D eigenvalue weighted by atomic mass is 10.0. The third kappa shape index (κ3) is 2.97. The summed E-state index contributed by atoms with van der Waals surface area (Å²) in [4.78, 5) is 0. The van der Waals surface area contributed by atoms with E-state index in [2.05, 4.69) is 73.4 Å². The van der Waals surface area contributed by atoms with Gasteiger partial charge in [-0.05, 0) is 30.2 Å². The van der Waals surface area contributed by atoms with Crippen LogP contribution < -0.4 is 4.74 Å². The molecule has 118 valence electrons. The van der Waals surface area contributed by atoms with Crippen LogP contribution in [0.3, 0.4) is 0 Å². The first-order valence-electron chi connectivity index (χ1n) is 7.77. The van der Waals surface area contributed by atoms with Gasteiger partial charge in [0.2, 0.25) is 0 Å². The molecular weight excluding hydrogens is 286 g/mol. The van der Waals surface area contributed by atoms with Gasteiger partial charge in [0, 0.05) is 5.92 Å². The Morgan fingerprint density at radius 1 is 0.957 bits per heavy atom. The molecule has 0 atom stereocenters. The van der Waals surface area contributed by atoms with Gasteiger partial charge in [-0.2, -0.15) is 0 Å². The van der Waals surface area contributed by atoms with Crippen molar-refractivity contribution in [2.45, 2.75) is 26.7 Å². The molecule has 23 heavy (non-hydrogen) atoms. The molecule has 0 bridgehead atoms. The Morgan fingerprint density at radius 3 is 2.35 bits per heavy atom. The fraction of sp³-hybridized carbons (Fsp3) is 0.263. The van der Waals surface area contributed by atoms with Crippen molar-refractivity contribution >= 4 is 0 Å². The third-order valence-corrected chi connectivity index (χ3v) is 3.85. The fourth-order valence-corrected chi connectivity index (χ4v) is 2.60. The normalized spacial score (nSPS) is 11.0. The van der Waals surface area contributed by atoms with E-state index in [0.717, 1.165) is 17.1 Å². The maximum atomic E-state index is 5.38. The van der Waals surface area contributed by atoms with E-state index in [1.165, 1.54) is 11.1 Å². The van der Waals surface area contributed by atoms with Crippen molar-refractivity contribution in [2.75, 3.05) is 7.11 Å². The van der Waals surface area contributed by atoms with Crippen molar-refractivity contribution in [3.8, 4) is 22.8 Å². The van der Waals surface area contributed by atoms with Crippen LogP contribution in [0.4, 0.5) is 0 Å². The standard InChI is InChI=1S/C19H21N3O/c1-13(2)18-20-21-19(23-4)22(18)17-7-5-6-16(12-17)15-10-8-14(3)9-11-15/h5-13H,1-4H3. The molecule has 0 amide bonds. The lowest BCUT2D eigenvalue weighted by Gasteiger charge is -2.12. The zero-order chi connectivity index (χ0) is 16.4. The first kappa shape index (κ1) is 15.3. The molecule has 0 saturated carbocycles. The first-order chi connectivity index (χ1) is 11.1. The van der Waals surface area contributed by atoms with Crippen LogP contribution in [0.2, 0.25) is 0 Å². The second kappa shape index (κ2) is 6.24. The number of nitrogens with zero attached hydrogens (tertiary/aromatic N) is 3. The van der Waals surface area contributed by atoms with Crippen LogP contribution >= 0.6 is 0 Å². The molecule has 0 aliphatic carbocycles. The lowest BCUT2D eigenvalue weighted by Crippen LogP contribution is -2.05. The minimum atomic E-state index is 0.259. The molecule has 0 aliphatic rings. The SMILES string of the molecule is COc1nnc(C(C)C)n1-c1cccc(-c2ccc(C)cc2)c1. The first-order valence-corrected chi connectivity index (χ1v) is 7.77. The summed E-state index contributed by atoms with van der Waals surface area (Å²) >= 11 is 0. The number of aromatic nitrogens is 3. The highest BCUT2D eigenvalue weighted by molar-refractivity contribution is 5.66. The molecule has 1 heterocycles. The third-order valence-electron chi connectivity index (χ3n) is 3.85. The van der Waals surface area contributed by atoms with E-state index in [0.29, 0.717) is 6.01 Å². The predicted molar refractivity (Wildman–Crippen MR) is 92.2 cm³/mol. The molecule has 0 aliphatic heterocycles. The van der Waals surface area contributed by atoms with Gasteiger partial charge in [0.1, 0.15) is 5.82 Å². The van der Waals surface area contributed by atoms with Crippen molar-refractivity contribution in [3.05, 3.63) is 59.9 Å². The Bertz CT molecular complexity index is 804. The minimum absolute atomic E-state index is 0.259. The van der Waals surface area contributed by atoms with Crippen molar-refractivity contribution < 1.29 is 4.74 Å². The van der Waals surface area contributed by atoms with E-state index in [4.69, 9.17) is 4.74 Å². The van der Waals surface area contributed by atoms with E-state index >= 15 is 0 Å². The van der Waals surface area contributed by atoms with Crippen molar-refractivity contribution in [1.82, 2.24) is 14.8 Å². The van der Waals surface area contributed by atoms with Gasteiger partial charge in [0.15, 0.2) is 0 Å². The average Bonchev–Trinajstić information content (AvgIpc) is 3.00. The van der Waals surface area contributed by atoms with E-state index < -0.39 is 0 Å². The monoisotopic (exact) mass is 307 g/mol. The van der Waals surface area contributed by atoms with Gasteiger partial charge >= 0.3 is 6.01 Å². The summed E-state index contributed by atoms with van der Waals surface area (Å²) in [6, 6.07) is 17.4. The van der Waals surface area contributed by atoms with Crippen LogP contribution in [0.5, 0.6) is 6.01 Å². The topological polar surface area (TPSA) is 39.9 Å². The van der Waals surface area contributed by atoms with Gasteiger partial charge in [0.05, 0.1) is 12.8 Å². The van der Waals surface area contributed by atoms with Gasteiger partial charge in [-0.1, -0.05) is 60.9 Å². The number of hydrogen-bond donors (Lipinski definition) is 0. The maximum absolute atomic E-state index is 5.38. The molecule has 0 spiro atoms. The second-order valence-electron chi connectivity index (χ2n) is 5.95. The summed E-state index contributed by atoms with van der Waals surface area (Å²) in [5.74, 6) is 1.15. The molecule has 0 saturated heterocycles. The second-order valence-corrected chi connectivity index (χ2v) is 5.95. The average molecular weight is 307 g/mol. The predicted octanol–water partition coefficient (Wildman–Crippen LogP) is 4.37. The van der Waals surface area contributed by atoms with Crippen LogP contribution in [0.1, 0.15) is 31.2 Å². The number of benzene rings is 2. The number of ether oxygens (including phenoxy) is 1. The molecule has 1 aromatic heterocycles. The van der Waals surface area contributed by atoms with Gasteiger partial charge < -0.3 is 4.74 Å². The molecule has 0 unspecified atom stereocenters. The van der Waals surface area contributed by atoms with E-state index in [-0.39, 0.29) is 5.92 Å². The summed E-state index contributed by atoms with van der Waals surface area (Å²) in [7, 11) is 1.62. The Labute approximate surface area is 136 Å². The molecular formula is C19H21N3O. The summed E-state index contributed by atoms with van der Waals surface area (Å²) in [5.41, 5.74) is 4.62. The van der Waals surface area contributed by atoms with Gasteiger partial charge in [0.25, 0.3) is 0 Å². The van der Waals surface area contributed by atoms with E-state index in [1.807, 2.05) is 10.6 Å². The van der Waals surface area contributed by atoms with Gasteiger partial charge in [-0.3, -0.25) is 0 Å². The minimum Gasteiger partial charge on any atom is -0.467 e. The molecule has 3 aromatic rings. The molecule has 0 fully saturated rings. The summed E-state index contributed by atoms with van der Waals surface area (Å²) < 4.78 is 7.36. The molecule has 0 N–H and O–H groups in total. The van der Waals surface area contributed by atoms with Crippen LogP contribution in [-0.2, 0) is 0 Å². The quantitative estimate of drug-likeness (QED) is 0.718. The summed E-state index contributed by atoms with van der Waals surface area (Å²) in [6.45, 7) is 6.30. The number of rotatable bonds is 4. The van der Waals surface area contributed by atoms with Crippen molar-refractivity contribution in [3.63, 3.8) is 0 Å². The Morgan fingerprint density at radius 2 is 1.70 bits per heavy atom. The van der Waals surface area contributed by atoms with Crippen molar-refractivity contribution in [1.29, 1.82) is 0 Å². The highest BCUT2D eigenvalue weighted by Gasteiger charge is 2.17. The van der Waals surface area contributed by atoms with Crippen LogP contribution in [0.25, 0.3) is 16.8 Å². The van der Waals surface area contributed by atoms with Crippen LogP contribution in [0.15, 0.2) is 48.5 Å². The molecule has 0 radical (unpaired) electrons. The lowest BCUT2D eigenvalue weighted by molar-refractivity contribution is 0.370. The zero-order valence-electron chi connectivity index (χ0n) is 13.9. The zero-order valence-corrected chi connectivity index (χ0v) is 13.9. The molecule has 3 rings (SSSR count). The van der Waals surface area contributed by atoms with E-state index in [9.17, 15) is 0 Å². The molecule has 2 aromatic carbocycles. The molecule has 4 nitrogen and oxygen atoms in total. The Kier molecular flexibility index (Phi) is 4.15.